The van der Waals surface area contributed by atoms with E-state index < -0.39 is 0 Å². The highest BCUT2D eigenvalue weighted by molar-refractivity contribution is 5.57. The van der Waals surface area contributed by atoms with Gasteiger partial charge in [-0.2, -0.15) is 0 Å². The number of anilines is 1. The summed E-state index contributed by atoms with van der Waals surface area (Å²) in [6.07, 6.45) is 3.58. The first kappa shape index (κ1) is 16.0. The molecular formula is C17H30N2. The predicted molar refractivity (Wildman–Crippen MR) is 86.1 cm³/mol. The van der Waals surface area contributed by atoms with Crippen LogP contribution in [0.3, 0.4) is 0 Å². The minimum Gasteiger partial charge on any atom is -0.383 e. The summed E-state index contributed by atoms with van der Waals surface area (Å²) < 4.78 is 0. The largest absolute Gasteiger partial charge is 0.383 e. The van der Waals surface area contributed by atoms with Gasteiger partial charge in [0.05, 0.1) is 0 Å². The van der Waals surface area contributed by atoms with Gasteiger partial charge < -0.3 is 10.2 Å². The number of benzene rings is 1. The Hall–Kier alpha value is -1.02. The number of hydrogen-bond donors (Lipinski definition) is 1. The monoisotopic (exact) mass is 262 g/mol. The van der Waals surface area contributed by atoms with Gasteiger partial charge in [0, 0.05) is 18.8 Å². The fourth-order valence-corrected chi connectivity index (χ4v) is 2.58. The molecule has 0 aromatic heterocycles. The van der Waals surface area contributed by atoms with Crippen molar-refractivity contribution in [1.29, 1.82) is 0 Å². The maximum absolute atomic E-state index is 3.64. The SMILES string of the molecule is CCCN(CCC)CCNc1c(C)cccc1CC. The topological polar surface area (TPSA) is 15.3 Å². The summed E-state index contributed by atoms with van der Waals surface area (Å²) in [7, 11) is 0. The molecule has 0 aliphatic rings. The van der Waals surface area contributed by atoms with E-state index in [9.17, 15) is 0 Å². The van der Waals surface area contributed by atoms with Gasteiger partial charge in [-0.1, -0.05) is 39.0 Å². The Morgan fingerprint density at radius 3 is 2.26 bits per heavy atom. The molecule has 0 aliphatic carbocycles. The van der Waals surface area contributed by atoms with Gasteiger partial charge in [0.2, 0.25) is 0 Å². The molecule has 0 saturated carbocycles. The standard InChI is InChI=1S/C17H30N2/c1-5-12-19(13-6-2)14-11-18-17-15(4)9-8-10-16(17)7-3/h8-10,18H,5-7,11-14H2,1-4H3. The Labute approximate surface area is 119 Å². The van der Waals surface area contributed by atoms with Crippen LogP contribution in [0.15, 0.2) is 18.2 Å². The number of para-hydroxylation sites is 1. The molecule has 1 N–H and O–H groups in total. The highest BCUT2D eigenvalue weighted by Gasteiger charge is 2.05. The summed E-state index contributed by atoms with van der Waals surface area (Å²) in [5.74, 6) is 0. The zero-order valence-corrected chi connectivity index (χ0v) is 13.1. The van der Waals surface area contributed by atoms with Crippen molar-refractivity contribution in [3.8, 4) is 0 Å². The molecule has 0 aliphatic heterocycles. The smallest absolute Gasteiger partial charge is 0.0402 e. The second-order valence-electron chi connectivity index (χ2n) is 5.23. The number of rotatable bonds is 9. The third-order valence-corrected chi connectivity index (χ3v) is 3.55. The zero-order chi connectivity index (χ0) is 14.1. The fraction of sp³-hybridized carbons (Fsp3) is 0.647. The quantitative estimate of drug-likeness (QED) is 0.721. The number of nitrogens with one attached hydrogen (secondary N) is 1. The van der Waals surface area contributed by atoms with E-state index in [0.717, 1.165) is 19.5 Å². The van der Waals surface area contributed by atoms with Gasteiger partial charge in [-0.05, 0) is 50.4 Å². The molecule has 108 valence electrons. The molecule has 2 nitrogen and oxygen atoms in total. The summed E-state index contributed by atoms with van der Waals surface area (Å²) in [6, 6.07) is 6.57. The molecule has 19 heavy (non-hydrogen) atoms. The Morgan fingerprint density at radius 2 is 1.68 bits per heavy atom. The molecular weight excluding hydrogens is 232 g/mol. The van der Waals surface area contributed by atoms with Crippen LogP contribution in [0.4, 0.5) is 5.69 Å². The molecule has 0 saturated heterocycles. The van der Waals surface area contributed by atoms with Crippen LogP contribution >= 0.6 is 0 Å². The van der Waals surface area contributed by atoms with E-state index in [1.807, 2.05) is 0 Å². The Kier molecular flexibility index (Phi) is 7.57. The molecule has 0 fully saturated rings. The molecule has 1 aromatic rings. The number of nitrogens with zero attached hydrogens (tertiary/aromatic N) is 1. The minimum atomic E-state index is 1.04. The first-order valence-electron chi connectivity index (χ1n) is 7.77. The van der Waals surface area contributed by atoms with Crippen LogP contribution in [-0.2, 0) is 6.42 Å². The molecule has 1 aromatic carbocycles. The van der Waals surface area contributed by atoms with E-state index in [4.69, 9.17) is 0 Å². The average molecular weight is 262 g/mol. The van der Waals surface area contributed by atoms with E-state index in [0.29, 0.717) is 0 Å². The van der Waals surface area contributed by atoms with Gasteiger partial charge in [-0.15, -0.1) is 0 Å². The van der Waals surface area contributed by atoms with Gasteiger partial charge in [-0.25, -0.2) is 0 Å². The lowest BCUT2D eigenvalue weighted by molar-refractivity contribution is 0.285. The molecule has 1 rings (SSSR count). The van der Waals surface area contributed by atoms with E-state index in [-0.39, 0.29) is 0 Å². The maximum Gasteiger partial charge on any atom is 0.0402 e. The van der Waals surface area contributed by atoms with Crippen molar-refractivity contribution >= 4 is 5.69 Å². The van der Waals surface area contributed by atoms with Gasteiger partial charge in [0.25, 0.3) is 0 Å². The summed E-state index contributed by atoms with van der Waals surface area (Å²) in [5, 5.41) is 3.64. The van der Waals surface area contributed by atoms with Crippen LogP contribution in [0.2, 0.25) is 0 Å². The molecule has 0 heterocycles. The van der Waals surface area contributed by atoms with Crippen LogP contribution in [-0.4, -0.2) is 31.1 Å². The van der Waals surface area contributed by atoms with Gasteiger partial charge in [0.1, 0.15) is 0 Å². The summed E-state index contributed by atoms with van der Waals surface area (Å²) in [6.45, 7) is 13.5. The minimum absolute atomic E-state index is 1.04. The molecule has 0 spiro atoms. The number of aryl methyl sites for hydroxylation is 2. The van der Waals surface area contributed by atoms with Gasteiger partial charge >= 0.3 is 0 Å². The third-order valence-electron chi connectivity index (χ3n) is 3.55. The Balaban J connectivity index is 2.52. The summed E-state index contributed by atoms with van der Waals surface area (Å²) in [4.78, 5) is 2.55. The van der Waals surface area contributed by atoms with Crippen LogP contribution in [0.25, 0.3) is 0 Å². The number of hydrogen-bond acceptors (Lipinski definition) is 2. The fourth-order valence-electron chi connectivity index (χ4n) is 2.58. The highest BCUT2D eigenvalue weighted by atomic mass is 15.1. The van der Waals surface area contributed by atoms with Crippen LogP contribution in [0, 0.1) is 6.92 Å². The molecule has 0 amide bonds. The highest BCUT2D eigenvalue weighted by Crippen LogP contribution is 2.20. The molecule has 0 radical (unpaired) electrons. The first-order valence-corrected chi connectivity index (χ1v) is 7.77. The van der Waals surface area contributed by atoms with Crippen molar-refractivity contribution in [1.82, 2.24) is 4.90 Å². The predicted octanol–water partition coefficient (Wildman–Crippen LogP) is 4.09. The summed E-state index contributed by atoms with van der Waals surface area (Å²) >= 11 is 0. The van der Waals surface area contributed by atoms with Crippen LogP contribution < -0.4 is 5.32 Å². The normalized spacial score (nSPS) is 11.0. The van der Waals surface area contributed by atoms with Crippen molar-refractivity contribution in [2.75, 3.05) is 31.5 Å². The van der Waals surface area contributed by atoms with E-state index in [1.54, 1.807) is 0 Å². The molecule has 0 atom stereocenters. The van der Waals surface area contributed by atoms with Crippen molar-refractivity contribution < 1.29 is 0 Å². The molecule has 2 heteroatoms. The average Bonchev–Trinajstić information content (AvgIpc) is 2.41. The van der Waals surface area contributed by atoms with Crippen molar-refractivity contribution in [2.24, 2.45) is 0 Å². The van der Waals surface area contributed by atoms with Gasteiger partial charge in [0.15, 0.2) is 0 Å². The molecule has 0 bridgehead atoms. The lowest BCUT2D eigenvalue weighted by Gasteiger charge is -2.22. The van der Waals surface area contributed by atoms with E-state index >= 15 is 0 Å². The van der Waals surface area contributed by atoms with Crippen LogP contribution in [0.5, 0.6) is 0 Å². The lowest BCUT2D eigenvalue weighted by Crippen LogP contribution is -2.30. The molecule has 0 unspecified atom stereocenters. The first-order chi connectivity index (χ1) is 9.22. The van der Waals surface area contributed by atoms with Crippen molar-refractivity contribution in [2.45, 2.75) is 47.0 Å². The van der Waals surface area contributed by atoms with Gasteiger partial charge in [-0.3, -0.25) is 0 Å². The lowest BCUT2D eigenvalue weighted by atomic mass is 10.1. The van der Waals surface area contributed by atoms with E-state index in [1.165, 1.54) is 42.7 Å². The third kappa shape index (κ3) is 5.23. The van der Waals surface area contributed by atoms with E-state index in [2.05, 4.69) is 56.1 Å². The van der Waals surface area contributed by atoms with Crippen LogP contribution in [0.1, 0.15) is 44.7 Å². The van der Waals surface area contributed by atoms with Crippen molar-refractivity contribution in [3.05, 3.63) is 29.3 Å². The second kappa shape index (κ2) is 8.98. The summed E-state index contributed by atoms with van der Waals surface area (Å²) in [5.41, 5.74) is 4.13. The second-order valence-corrected chi connectivity index (χ2v) is 5.23. The van der Waals surface area contributed by atoms with Crippen molar-refractivity contribution in [3.63, 3.8) is 0 Å². The Morgan fingerprint density at radius 1 is 1.00 bits per heavy atom. The Bertz CT molecular complexity index is 354. The maximum atomic E-state index is 3.64. The zero-order valence-electron chi connectivity index (χ0n) is 13.1.